The molecule has 2 atom stereocenters. The molecule has 2 unspecified atom stereocenters. The van der Waals surface area contributed by atoms with Gasteiger partial charge in [-0.1, -0.05) is 71.7 Å². The molecule has 2 N–H and O–H groups in total. The first kappa shape index (κ1) is 22.9. The van der Waals surface area contributed by atoms with Gasteiger partial charge in [0.15, 0.2) is 0 Å². The van der Waals surface area contributed by atoms with Crippen LogP contribution in [0.4, 0.5) is 11.4 Å². The van der Waals surface area contributed by atoms with Crippen LogP contribution in [-0.2, 0) is 0 Å². The molecule has 4 rings (SSSR count). The number of nitrogens with one attached hydrogen (secondary N) is 2. The molecule has 0 aliphatic rings. The van der Waals surface area contributed by atoms with Gasteiger partial charge in [0.1, 0.15) is 0 Å². The van der Waals surface area contributed by atoms with Crippen LogP contribution in [0.25, 0.3) is 0 Å². The lowest BCUT2D eigenvalue weighted by Crippen LogP contribution is -2.26. The highest BCUT2D eigenvalue weighted by molar-refractivity contribution is 7.80. The molecule has 162 valence electrons. The first-order valence-electron chi connectivity index (χ1n) is 10.1. The van der Waals surface area contributed by atoms with Crippen LogP contribution in [0.15, 0.2) is 107 Å². The second kappa shape index (κ2) is 10.6. The van der Waals surface area contributed by atoms with E-state index >= 15 is 0 Å². The van der Waals surface area contributed by atoms with Crippen molar-refractivity contribution in [1.29, 1.82) is 0 Å². The van der Waals surface area contributed by atoms with E-state index in [1.165, 1.54) is 0 Å². The molecule has 0 spiro atoms. The van der Waals surface area contributed by atoms with Crippen LogP contribution in [0, 0.1) is 0 Å². The highest BCUT2D eigenvalue weighted by Crippen LogP contribution is 2.38. The van der Waals surface area contributed by atoms with Crippen molar-refractivity contribution in [1.82, 2.24) is 0 Å². The van der Waals surface area contributed by atoms with Gasteiger partial charge in [-0.25, -0.2) is 0 Å². The van der Waals surface area contributed by atoms with E-state index in [0.717, 1.165) is 32.3 Å². The number of rotatable bonds is 7. The Kier molecular flexibility index (Phi) is 7.59. The normalized spacial score (nSPS) is 12.8. The highest BCUT2D eigenvalue weighted by Gasteiger charge is 2.26. The predicted octanol–water partition coefficient (Wildman–Crippen LogP) is 8.58. The molecule has 0 saturated heterocycles. The van der Waals surface area contributed by atoms with Crippen LogP contribution in [0.1, 0.15) is 23.2 Å². The minimum absolute atomic E-state index is 0.144. The smallest absolute Gasteiger partial charge is 0.0757 e. The zero-order valence-electron chi connectivity index (χ0n) is 17.0. The van der Waals surface area contributed by atoms with Gasteiger partial charge in [0.05, 0.1) is 12.1 Å². The molecule has 0 aliphatic heterocycles. The average Bonchev–Trinajstić information content (AvgIpc) is 2.80. The van der Waals surface area contributed by atoms with Gasteiger partial charge in [-0.05, 0) is 59.7 Å². The van der Waals surface area contributed by atoms with Crippen molar-refractivity contribution in [3.8, 4) is 0 Å². The van der Waals surface area contributed by atoms with E-state index < -0.39 is 0 Å². The van der Waals surface area contributed by atoms with Crippen molar-refractivity contribution in [2.24, 2.45) is 0 Å². The molecule has 4 aromatic carbocycles. The Bertz CT molecular complexity index is 1090. The van der Waals surface area contributed by atoms with Crippen molar-refractivity contribution >= 4 is 59.8 Å². The van der Waals surface area contributed by atoms with Crippen LogP contribution in [0.5, 0.6) is 0 Å². The van der Waals surface area contributed by atoms with E-state index in [0.29, 0.717) is 10.0 Å². The molecule has 0 bridgehead atoms. The summed E-state index contributed by atoms with van der Waals surface area (Å²) in [6, 6.07) is 31.4. The van der Waals surface area contributed by atoms with Gasteiger partial charge in [-0.3, -0.25) is 0 Å². The molecular formula is C26H22Cl2N2S2. The van der Waals surface area contributed by atoms with E-state index in [1.807, 2.05) is 97.1 Å². The lowest BCUT2D eigenvalue weighted by molar-refractivity contribution is 0.647. The zero-order chi connectivity index (χ0) is 22.5. The second-order valence-electron chi connectivity index (χ2n) is 7.38. The average molecular weight is 498 g/mol. The van der Waals surface area contributed by atoms with Crippen molar-refractivity contribution in [3.63, 3.8) is 0 Å². The maximum atomic E-state index is 6.19. The van der Waals surface area contributed by atoms with Gasteiger partial charge in [-0.2, -0.15) is 0 Å². The topological polar surface area (TPSA) is 24.1 Å². The molecule has 0 heterocycles. The number of halogens is 2. The van der Waals surface area contributed by atoms with E-state index in [1.54, 1.807) is 0 Å². The van der Waals surface area contributed by atoms with Crippen LogP contribution < -0.4 is 10.6 Å². The maximum absolute atomic E-state index is 6.19. The molecule has 0 aliphatic carbocycles. The lowest BCUT2D eigenvalue weighted by atomic mass is 9.92. The summed E-state index contributed by atoms with van der Waals surface area (Å²) in [5.41, 5.74) is 4.04. The largest absolute Gasteiger partial charge is 0.375 e. The molecule has 0 radical (unpaired) electrons. The summed E-state index contributed by atoms with van der Waals surface area (Å²) in [6.45, 7) is 0. The third-order valence-corrected chi connectivity index (χ3v) is 6.51. The molecule has 6 heteroatoms. The molecule has 2 nitrogen and oxygen atoms in total. The fourth-order valence-corrected chi connectivity index (χ4v) is 4.29. The summed E-state index contributed by atoms with van der Waals surface area (Å²) in [4.78, 5) is 1.74. The van der Waals surface area contributed by atoms with Crippen LogP contribution in [-0.4, -0.2) is 0 Å². The molecule has 32 heavy (non-hydrogen) atoms. The monoisotopic (exact) mass is 496 g/mol. The highest BCUT2D eigenvalue weighted by atomic mass is 35.5. The molecule has 0 aromatic heterocycles. The Balaban J connectivity index is 1.82. The molecule has 0 fully saturated rings. The summed E-state index contributed by atoms with van der Waals surface area (Å²) in [5.74, 6) is 0. The SMILES string of the molecule is Sc1ccccc1NC(c1ccc(Cl)cc1)C(Nc1ccccc1S)c1ccc(Cl)cc1. The van der Waals surface area contributed by atoms with Gasteiger partial charge in [0, 0.05) is 31.2 Å². The van der Waals surface area contributed by atoms with Gasteiger partial charge in [-0.15, -0.1) is 25.3 Å². The fourth-order valence-electron chi connectivity index (χ4n) is 3.58. The second-order valence-corrected chi connectivity index (χ2v) is 9.22. The summed E-state index contributed by atoms with van der Waals surface area (Å²) in [6.07, 6.45) is 0. The first-order valence-corrected chi connectivity index (χ1v) is 11.8. The summed E-state index contributed by atoms with van der Waals surface area (Å²) in [7, 11) is 0. The Hall–Kier alpha value is -2.24. The van der Waals surface area contributed by atoms with E-state index in [9.17, 15) is 0 Å². The van der Waals surface area contributed by atoms with Crippen LogP contribution in [0.2, 0.25) is 10.0 Å². The number of para-hydroxylation sites is 2. The Labute approximate surface area is 209 Å². The molecular weight excluding hydrogens is 475 g/mol. The molecule has 0 saturated carbocycles. The first-order chi connectivity index (χ1) is 15.5. The van der Waals surface area contributed by atoms with Gasteiger partial charge >= 0.3 is 0 Å². The third-order valence-electron chi connectivity index (χ3n) is 5.22. The van der Waals surface area contributed by atoms with Gasteiger partial charge in [0.25, 0.3) is 0 Å². The minimum atomic E-state index is -0.144. The van der Waals surface area contributed by atoms with E-state index in [2.05, 4.69) is 35.9 Å². The summed E-state index contributed by atoms with van der Waals surface area (Å²) in [5, 5.41) is 8.78. The van der Waals surface area contributed by atoms with Crippen molar-refractivity contribution in [2.75, 3.05) is 10.6 Å². The number of anilines is 2. The van der Waals surface area contributed by atoms with Crippen molar-refractivity contribution in [3.05, 3.63) is 118 Å². The van der Waals surface area contributed by atoms with Gasteiger partial charge < -0.3 is 10.6 Å². The summed E-state index contributed by atoms with van der Waals surface area (Å²) >= 11 is 21.7. The number of hydrogen-bond donors (Lipinski definition) is 4. The standard InChI is InChI=1S/C26H22Cl2N2S2/c27-19-13-9-17(10-14-19)25(29-21-5-1-3-7-23(21)31)26(18-11-15-20(28)16-12-18)30-22-6-2-4-8-24(22)32/h1-16,25-26,29-32H. The number of benzene rings is 4. The molecule has 4 aromatic rings. The maximum Gasteiger partial charge on any atom is 0.0757 e. The third kappa shape index (κ3) is 5.57. The van der Waals surface area contributed by atoms with Crippen LogP contribution >= 0.6 is 48.5 Å². The predicted molar refractivity (Wildman–Crippen MR) is 143 cm³/mol. The Morgan fingerprint density at radius 3 is 1.19 bits per heavy atom. The number of hydrogen-bond acceptors (Lipinski definition) is 4. The van der Waals surface area contributed by atoms with Crippen LogP contribution in [0.3, 0.4) is 0 Å². The molecule has 0 amide bonds. The fraction of sp³-hybridized carbons (Fsp3) is 0.0769. The zero-order valence-corrected chi connectivity index (χ0v) is 20.3. The van der Waals surface area contributed by atoms with Gasteiger partial charge in [0.2, 0.25) is 0 Å². The van der Waals surface area contributed by atoms with Crippen molar-refractivity contribution < 1.29 is 0 Å². The van der Waals surface area contributed by atoms with E-state index in [-0.39, 0.29) is 12.1 Å². The number of thiol groups is 2. The summed E-state index contributed by atoms with van der Waals surface area (Å²) < 4.78 is 0. The Morgan fingerprint density at radius 2 is 0.844 bits per heavy atom. The quantitative estimate of drug-likeness (QED) is 0.192. The van der Waals surface area contributed by atoms with Crippen molar-refractivity contribution in [2.45, 2.75) is 21.9 Å². The minimum Gasteiger partial charge on any atom is -0.375 e. The lowest BCUT2D eigenvalue weighted by Gasteiger charge is -2.32. The van der Waals surface area contributed by atoms with E-state index in [4.69, 9.17) is 23.2 Å². The Morgan fingerprint density at radius 1 is 0.500 bits per heavy atom.